The Morgan fingerprint density at radius 2 is 2.25 bits per heavy atom. The molecule has 2 unspecified atom stereocenters. The number of carbonyl (C=O) groups is 1. The SMILES string of the molecule is NC1CC(Cc2cccc(F)c2)CN(CCC(=O)O)C1. The summed E-state index contributed by atoms with van der Waals surface area (Å²) in [6, 6.07) is 6.70. The number of nitrogens with zero attached hydrogens (tertiary/aromatic N) is 1. The van der Waals surface area contributed by atoms with Crippen molar-refractivity contribution >= 4 is 5.97 Å². The van der Waals surface area contributed by atoms with E-state index in [1.165, 1.54) is 6.07 Å². The lowest BCUT2D eigenvalue weighted by Gasteiger charge is -2.36. The highest BCUT2D eigenvalue weighted by Gasteiger charge is 2.25. The number of likely N-dealkylation sites (tertiary alicyclic amines) is 1. The minimum Gasteiger partial charge on any atom is -0.481 e. The zero-order valence-electron chi connectivity index (χ0n) is 11.5. The van der Waals surface area contributed by atoms with Gasteiger partial charge in [-0.05, 0) is 36.5 Å². The first kappa shape index (κ1) is 14.9. The van der Waals surface area contributed by atoms with Gasteiger partial charge in [0.05, 0.1) is 6.42 Å². The molecule has 0 spiro atoms. The van der Waals surface area contributed by atoms with Gasteiger partial charge < -0.3 is 15.7 Å². The van der Waals surface area contributed by atoms with Crippen LogP contribution >= 0.6 is 0 Å². The maximum Gasteiger partial charge on any atom is 0.304 e. The van der Waals surface area contributed by atoms with Gasteiger partial charge in [0, 0.05) is 25.7 Å². The average molecular weight is 280 g/mol. The van der Waals surface area contributed by atoms with Crippen molar-refractivity contribution in [1.82, 2.24) is 4.90 Å². The van der Waals surface area contributed by atoms with E-state index in [1.54, 1.807) is 12.1 Å². The molecule has 0 aliphatic carbocycles. The number of carboxylic acids is 1. The van der Waals surface area contributed by atoms with Crippen LogP contribution in [0.2, 0.25) is 0 Å². The van der Waals surface area contributed by atoms with Crippen molar-refractivity contribution in [3.05, 3.63) is 35.6 Å². The fraction of sp³-hybridized carbons (Fsp3) is 0.533. The van der Waals surface area contributed by atoms with Crippen molar-refractivity contribution in [2.45, 2.75) is 25.3 Å². The lowest BCUT2D eigenvalue weighted by molar-refractivity contribution is -0.137. The first-order valence-electron chi connectivity index (χ1n) is 6.97. The summed E-state index contributed by atoms with van der Waals surface area (Å²) in [6.07, 6.45) is 1.83. The van der Waals surface area contributed by atoms with E-state index in [-0.39, 0.29) is 18.3 Å². The zero-order chi connectivity index (χ0) is 14.5. The van der Waals surface area contributed by atoms with Crippen LogP contribution in [0.4, 0.5) is 4.39 Å². The van der Waals surface area contributed by atoms with Gasteiger partial charge in [0.1, 0.15) is 5.82 Å². The molecule has 1 saturated heterocycles. The molecular formula is C15H21FN2O2. The van der Waals surface area contributed by atoms with Gasteiger partial charge in [-0.25, -0.2) is 4.39 Å². The number of rotatable bonds is 5. The lowest BCUT2D eigenvalue weighted by Crippen LogP contribution is -2.48. The van der Waals surface area contributed by atoms with E-state index >= 15 is 0 Å². The normalized spacial score (nSPS) is 23.7. The monoisotopic (exact) mass is 280 g/mol. The number of aliphatic carboxylic acids is 1. The first-order valence-corrected chi connectivity index (χ1v) is 6.97. The van der Waals surface area contributed by atoms with Crippen LogP contribution in [0.1, 0.15) is 18.4 Å². The van der Waals surface area contributed by atoms with Crippen molar-refractivity contribution in [3.8, 4) is 0 Å². The van der Waals surface area contributed by atoms with Crippen molar-refractivity contribution in [2.75, 3.05) is 19.6 Å². The van der Waals surface area contributed by atoms with E-state index in [0.29, 0.717) is 12.5 Å². The second-order valence-corrected chi connectivity index (χ2v) is 5.60. The molecule has 1 aromatic carbocycles. The predicted molar refractivity (Wildman–Crippen MR) is 74.9 cm³/mol. The molecule has 1 fully saturated rings. The Kier molecular flexibility index (Phi) is 5.09. The van der Waals surface area contributed by atoms with Crippen molar-refractivity contribution < 1.29 is 14.3 Å². The topological polar surface area (TPSA) is 66.6 Å². The molecule has 0 radical (unpaired) electrons. The largest absolute Gasteiger partial charge is 0.481 e. The van der Waals surface area contributed by atoms with Crippen LogP contribution in [0.3, 0.4) is 0 Å². The third-order valence-electron chi connectivity index (χ3n) is 3.70. The molecule has 0 amide bonds. The highest BCUT2D eigenvalue weighted by molar-refractivity contribution is 5.66. The third-order valence-corrected chi connectivity index (χ3v) is 3.70. The van der Waals surface area contributed by atoms with E-state index in [0.717, 1.165) is 31.5 Å². The van der Waals surface area contributed by atoms with Gasteiger partial charge in [0.25, 0.3) is 0 Å². The molecule has 0 bridgehead atoms. The highest BCUT2D eigenvalue weighted by atomic mass is 19.1. The number of nitrogens with two attached hydrogens (primary N) is 1. The minimum atomic E-state index is -0.786. The van der Waals surface area contributed by atoms with Gasteiger partial charge in [0.15, 0.2) is 0 Å². The van der Waals surface area contributed by atoms with Crippen molar-refractivity contribution in [3.63, 3.8) is 0 Å². The maximum atomic E-state index is 13.2. The number of hydrogen-bond donors (Lipinski definition) is 2. The average Bonchev–Trinajstić information content (AvgIpc) is 2.35. The molecule has 1 aromatic rings. The lowest BCUT2D eigenvalue weighted by atomic mass is 9.89. The molecule has 1 aliphatic heterocycles. The van der Waals surface area contributed by atoms with Crippen molar-refractivity contribution in [2.24, 2.45) is 11.7 Å². The number of benzene rings is 1. The van der Waals surface area contributed by atoms with Crippen LogP contribution in [-0.4, -0.2) is 41.7 Å². The molecule has 0 aromatic heterocycles. The summed E-state index contributed by atoms with van der Waals surface area (Å²) in [5.74, 6) is -0.648. The number of piperidine rings is 1. The van der Waals surface area contributed by atoms with Crippen molar-refractivity contribution in [1.29, 1.82) is 0 Å². The molecule has 1 heterocycles. The van der Waals surface area contributed by atoms with E-state index in [2.05, 4.69) is 4.90 Å². The summed E-state index contributed by atoms with van der Waals surface area (Å²) in [5, 5.41) is 8.74. The van der Waals surface area contributed by atoms with Gasteiger partial charge >= 0.3 is 5.97 Å². The zero-order valence-corrected chi connectivity index (χ0v) is 11.5. The number of carboxylic acid groups (broad SMARTS) is 1. The quantitative estimate of drug-likeness (QED) is 0.857. The van der Waals surface area contributed by atoms with Gasteiger partial charge in [-0.2, -0.15) is 0 Å². The predicted octanol–water partition coefficient (Wildman–Crippen LogP) is 1.49. The van der Waals surface area contributed by atoms with E-state index < -0.39 is 5.97 Å². The molecule has 0 saturated carbocycles. The molecule has 110 valence electrons. The summed E-state index contributed by atoms with van der Waals surface area (Å²) in [5.41, 5.74) is 7.02. The second kappa shape index (κ2) is 6.81. The maximum absolute atomic E-state index is 13.2. The molecule has 20 heavy (non-hydrogen) atoms. The Morgan fingerprint density at radius 3 is 2.95 bits per heavy atom. The summed E-state index contributed by atoms with van der Waals surface area (Å²) in [4.78, 5) is 12.7. The van der Waals surface area contributed by atoms with Crippen LogP contribution in [0, 0.1) is 11.7 Å². The van der Waals surface area contributed by atoms with Crippen LogP contribution in [0.25, 0.3) is 0 Å². The molecule has 2 atom stereocenters. The Hall–Kier alpha value is -1.46. The Balaban J connectivity index is 1.92. The van der Waals surface area contributed by atoms with Gasteiger partial charge in [-0.1, -0.05) is 12.1 Å². The molecule has 2 rings (SSSR count). The van der Waals surface area contributed by atoms with Crippen LogP contribution in [-0.2, 0) is 11.2 Å². The van der Waals surface area contributed by atoms with Gasteiger partial charge in [-0.15, -0.1) is 0 Å². The second-order valence-electron chi connectivity index (χ2n) is 5.60. The standard InChI is InChI=1S/C15H21FN2O2/c16-13-3-1-2-11(7-13)6-12-8-14(17)10-18(9-12)5-4-15(19)20/h1-3,7,12,14H,4-6,8-10,17H2,(H,19,20). The van der Waals surface area contributed by atoms with E-state index in [9.17, 15) is 9.18 Å². The molecule has 1 aliphatic rings. The Morgan fingerprint density at radius 1 is 1.45 bits per heavy atom. The Bertz CT molecular complexity index is 467. The highest BCUT2D eigenvalue weighted by Crippen LogP contribution is 2.21. The summed E-state index contributed by atoms with van der Waals surface area (Å²) >= 11 is 0. The van der Waals surface area contributed by atoms with Crippen LogP contribution < -0.4 is 5.73 Å². The summed E-state index contributed by atoms with van der Waals surface area (Å²) in [7, 11) is 0. The van der Waals surface area contributed by atoms with Gasteiger partial charge in [0.2, 0.25) is 0 Å². The number of hydrogen-bond acceptors (Lipinski definition) is 3. The molecule has 4 nitrogen and oxygen atoms in total. The van der Waals surface area contributed by atoms with Gasteiger partial charge in [-0.3, -0.25) is 4.79 Å². The first-order chi connectivity index (χ1) is 9.52. The van der Waals surface area contributed by atoms with E-state index in [1.807, 2.05) is 6.07 Å². The Labute approximate surface area is 118 Å². The fourth-order valence-corrected chi connectivity index (χ4v) is 2.93. The molecule has 3 N–H and O–H groups in total. The fourth-order valence-electron chi connectivity index (χ4n) is 2.93. The molecule has 5 heteroatoms. The molecular weight excluding hydrogens is 259 g/mol. The van der Waals surface area contributed by atoms with Crippen LogP contribution in [0.15, 0.2) is 24.3 Å². The van der Waals surface area contributed by atoms with Crippen LogP contribution in [0.5, 0.6) is 0 Å². The minimum absolute atomic E-state index is 0.0658. The number of halogens is 1. The van der Waals surface area contributed by atoms with E-state index in [4.69, 9.17) is 10.8 Å². The summed E-state index contributed by atoms with van der Waals surface area (Å²) < 4.78 is 13.2. The summed E-state index contributed by atoms with van der Waals surface area (Å²) in [6.45, 7) is 2.10. The smallest absolute Gasteiger partial charge is 0.304 e. The third kappa shape index (κ3) is 4.58.